The molecule has 3 aromatic rings. The van der Waals surface area contributed by atoms with E-state index < -0.39 is 5.41 Å². The molecule has 27 heavy (non-hydrogen) atoms. The number of hydrogen-bond acceptors (Lipinski definition) is 4. The number of hydrogen-bond donors (Lipinski definition) is 0. The minimum Gasteiger partial charge on any atom is -0.465 e. The molecular weight excluding hydrogens is 446 g/mol. The number of rotatable bonds is 4. The van der Waals surface area contributed by atoms with Crippen molar-refractivity contribution in [3.63, 3.8) is 0 Å². The Kier molecular flexibility index (Phi) is 5.94. The zero-order valence-electron chi connectivity index (χ0n) is 15.7. The van der Waals surface area contributed by atoms with E-state index >= 15 is 0 Å². The van der Waals surface area contributed by atoms with Gasteiger partial charge in [0.25, 0.3) is 0 Å². The summed E-state index contributed by atoms with van der Waals surface area (Å²) < 4.78 is 7.48. The van der Waals surface area contributed by atoms with Crippen LogP contribution in [0.4, 0.5) is 0 Å². The standard InChI is InChI=1S/C21H21BrClNO2S/c1-12-11-16-18(27-20(22)24-16)17(13-5-7-14(23)8-6-13)15(12)9-10-26-19(25)21(2,3)4/h5-8,11H,9-10H2,1-4H3. The molecule has 3 nitrogen and oxygen atoms in total. The molecule has 3 rings (SSSR count). The molecule has 1 heterocycles. The Labute approximate surface area is 176 Å². The van der Waals surface area contributed by atoms with E-state index in [4.69, 9.17) is 16.3 Å². The van der Waals surface area contributed by atoms with Crippen LogP contribution in [0.3, 0.4) is 0 Å². The normalized spacial score (nSPS) is 11.8. The Morgan fingerprint density at radius 2 is 1.93 bits per heavy atom. The lowest BCUT2D eigenvalue weighted by Gasteiger charge is -2.18. The number of thiazole rings is 1. The number of carbonyl (C=O) groups is 1. The van der Waals surface area contributed by atoms with E-state index in [9.17, 15) is 4.79 Å². The van der Waals surface area contributed by atoms with Crippen molar-refractivity contribution in [2.45, 2.75) is 34.1 Å². The summed E-state index contributed by atoms with van der Waals surface area (Å²) in [5.41, 5.74) is 4.99. The van der Waals surface area contributed by atoms with E-state index in [1.54, 1.807) is 11.3 Å². The highest BCUT2D eigenvalue weighted by molar-refractivity contribution is 9.11. The van der Waals surface area contributed by atoms with E-state index in [1.807, 2.05) is 45.0 Å². The van der Waals surface area contributed by atoms with Crippen LogP contribution in [0.1, 0.15) is 31.9 Å². The predicted molar refractivity (Wildman–Crippen MR) is 117 cm³/mol. The second kappa shape index (κ2) is 7.90. The Balaban J connectivity index is 2.03. The van der Waals surface area contributed by atoms with Gasteiger partial charge in [0.15, 0.2) is 3.92 Å². The Morgan fingerprint density at radius 3 is 2.56 bits per heavy atom. The molecule has 0 unspecified atom stereocenters. The van der Waals surface area contributed by atoms with Gasteiger partial charge in [0, 0.05) is 17.0 Å². The van der Waals surface area contributed by atoms with Crippen LogP contribution in [-0.4, -0.2) is 17.6 Å². The lowest BCUT2D eigenvalue weighted by atomic mass is 9.93. The minimum absolute atomic E-state index is 0.185. The fourth-order valence-corrected chi connectivity index (χ4v) is 4.58. The molecule has 0 saturated carbocycles. The maximum absolute atomic E-state index is 12.1. The third-order valence-electron chi connectivity index (χ3n) is 4.32. The zero-order valence-corrected chi connectivity index (χ0v) is 18.9. The fraction of sp³-hybridized carbons (Fsp3) is 0.333. The van der Waals surface area contributed by atoms with Crippen molar-refractivity contribution in [2.75, 3.05) is 6.61 Å². The first-order valence-electron chi connectivity index (χ1n) is 8.68. The number of aromatic nitrogens is 1. The lowest BCUT2D eigenvalue weighted by molar-refractivity contribution is -0.152. The van der Waals surface area contributed by atoms with Crippen molar-refractivity contribution >= 4 is 55.1 Å². The maximum atomic E-state index is 12.1. The molecule has 0 N–H and O–H groups in total. The molecule has 6 heteroatoms. The summed E-state index contributed by atoms with van der Waals surface area (Å²) in [6, 6.07) is 9.93. The number of esters is 1. The SMILES string of the molecule is Cc1cc2nc(Br)sc2c(-c2ccc(Cl)cc2)c1CCOC(=O)C(C)(C)C. The summed E-state index contributed by atoms with van der Waals surface area (Å²) in [5.74, 6) is -0.185. The second-order valence-electron chi connectivity index (χ2n) is 7.50. The summed E-state index contributed by atoms with van der Waals surface area (Å²) in [6.45, 7) is 8.01. The number of fused-ring (bicyclic) bond motifs is 1. The molecule has 0 aliphatic rings. The smallest absolute Gasteiger partial charge is 0.311 e. The summed E-state index contributed by atoms with van der Waals surface area (Å²) >= 11 is 11.2. The summed E-state index contributed by atoms with van der Waals surface area (Å²) in [6.07, 6.45) is 0.650. The van der Waals surface area contributed by atoms with Gasteiger partial charge in [-0.2, -0.15) is 0 Å². The van der Waals surface area contributed by atoms with Gasteiger partial charge in [-0.3, -0.25) is 4.79 Å². The average Bonchev–Trinajstić information content (AvgIpc) is 2.94. The van der Waals surface area contributed by atoms with E-state index in [-0.39, 0.29) is 5.97 Å². The first kappa shape index (κ1) is 20.3. The van der Waals surface area contributed by atoms with Gasteiger partial charge in [0.05, 0.1) is 22.2 Å². The van der Waals surface area contributed by atoms with E-state index in [0.717, 1.165) is 30.8 Å². The van der Waals surface area contributed by atoms with Gasteiger partial charge in [0.1, 0.15) is 0 Å². The van der Waals surface area contributed by atoms with Crippen LogP contribution in [0.15, 0.2) is 34.2 Å². The molecular formula is C21H21BrClNO2S. The molecule has 0 atom stereocenters. The number of aryl methyl sites for hydroxylation is 1. The highest BCUT2D eigenvalue weighted by Gasteiger charge is 2.23. The molecule has 2 aromatic carbocycles. The molecule has 0 amide bonds. The van der Waals surface area contributed by atoms with Crippen molar-refractivity contribution in [1.29, 1.82) is 0 Å². The van der Waals surface area contributed by atoms with Gasteiger partial charge in [0.2, 0.25) is 0 Å². The molecule has 0 bridgehead atoms. The Morgan fingerprint density at radius 1 is 1.26 bits per heavy atom. The number of nitrogens with zero attached hydrogens (tertiary/aromatic N) is 1. The van der Waals surface area contributed by atoms with Crippen molar-refractivity contribution < 1.29 is 9.53 Å². The average molecular weight is 467 g/mol. The number of carbonyl (C=O) groups excluding carboxylic acids is 1. The predicted octanol–water partition coefficient (Wildman–Crippen LogP) is 6.82. The van der Waals surface area contributed by atoms with Crippen molar-refractivity contribution in [2.24, 2.45) is 5.41 Å². The van der Waals surface area contributed by atoms with Gasteiger partial charge < -0.3 is 4.74 Å². The second-order valence-corrected chi connectivity index (χ2v) is 10.2. The topological polar surface area (TPSA) is 39.2 Å². The minimum atomic E-state index is -0.499. The van der Waals surface area contributed by atoms with Crippen molar-refractivity contribution in [3.8, 4) is 11.1 Å². The fourth-order valence-electron chi connectivity index (χ4n) is 2.91. The number of ether oxygens (including phenoxy) is 1. The molecule has 0 fully saturated rings. The molecule has 0 spiro atoms. The summed E-state index contributed by atoms with van der Waals surface area (Å²) in [5, 5.41) is 0.703. The summed E-state index contributed by atoms with van der Waals surface area (Å²) in [7, 11) is 0. The number of halogens is 2. The van der Waals surface area contributed by atoms with Gasteiger partial charge >= 0.3 is 5.97 Å². The van der Waals surface area contributed by atoms with Gasteiger partial charge in [-0.1, -0.05) is 23.7 Å². The van der Waals surface area contributed by atoms with Crippen LogP contribution >= 0.6 is 38.9 Å². The van der Waals surface area contributed by atoms with Gasteiger partial charge in [-0.15, -0.1) is 11.3 Å². The van der Waals surface area contributed by atoms with E-state index in [0.29, 0.717) is 18.1 Å². The highest BCUT2D eigenvalue weighted by atomic mass is 79.9. The lowest BCUT2D eigenvalue weighted by Crippen LogP contribution is -2.23. The monoisotopic (exact) mass is 465 g/mol. The number of benzene rings is 2. The molecule has 0 aliphatic heterocycles. The van der Waals surface area contributed by atoms with Crippen molar-refractivity contribution in [3.05, 3.63) is 50.4 Å². The first-order chi connectivity index (χ1) is 12.7. The van der Waals surface area contributed by atoms with Crippen LogP contribution in [-0.2, 0) is 16.0 Å². The highest BCUT2D eigenvalue weighted by Crippen LogP contribution is 2.39. The van der Waals surface area contributed by atoms with E-state index in [2.05, 4.69) is 33.9 Å². The van der Waals surface area contributed by atoms with Crippen LogP contribution in [0.25, 0.3) is 21.3 Å². The Hall–Kier alpha value is -1.43. The molecule has 0 aliphatic carbocycles. The molecule has 142 valence electrons. The van der Waals surface area contributed by atoms with Crippen LogP contribution < -0.4 is 0 Å². The first-order valence-corrected chi connectivity index (χ1v) is 10.7. The van der Waals surface area contributed by atoms with Crippen LogP contribution in [0.2, 0.25) is 5.02 Å². The van der Waals surface area contributed by atoms with Gasteiger partial charge in [-0.05, 0) is 78.5 Å². The molecule has 1 aromatic heterocycles. The third-order valence-corrected chi connectivity index (χ3v) is 6.11. The van der Waals surface area contributed by atoms with Gasteiger partial charge in [-0.25, -0.2) is 4.98 Å². The summed E-state index contributed by atoms with van der Waals surface area (Å²) in [4.78, 5) is 16.7. The Bertz CT molecular complexity index is 990. The quantitative estimate of drug-likeness (QED) is 0.396. The van der Waals surface area contributed by atoms with E-state index in [1.165, 1.54) is 5.56 Å². The van der Waals surface area contributed by atoms with Crippen molar-refractivity contribution in [1.82, 2.24) is 4.98 Å². The third kappa shape index (κ3) is 4.53. The zero-order chi connectivity index (χ0) is 19.8. The maximum Gasteiger partial charge on any atom is 0.311 e. The molecule has 0 radical (unpaired) electrons. The van der Waals surface area contributed by atoms with Crippen LogP contribution in [0.5, 0.6) is 0 Å². The molecule has 0 saturated heterocycles. The largest absolute Gasteiger partial charge is 0.465 e. The van der Waals surface area contributed by atoms with Crippen LogP contribution in [0, 0.1) is 12.3 Å².